The summed E-state index contributed by atoms with van der Waals surface area (Å²) in [5.74, 6) is -11.7. The van der Waals surface area contributed by atoms with Crippen molar-refractivity contribution in [3.8, 4) is 17.2 Å². The molecule has 0 heterocycles. The van der Waals surface area contributed by atoms with E-state index in [1.165, 1.54) is 6.92 Å². The van der Waals surface area contributed by atoms with Crippen LogP contribution in [0.2, 0.25) is 0 Å². The monoisotopic (exact) mass is 1990 g/mol. The van der Waals surface area contributed by atoms with Gasteiger partial charge in [0.2, 0.25) is 53.2 Å². The van der Waals surface area contributed by atoms with Crippen LogP contribution < -0.4 is 67.8 Å². The molecular weight excluding hydrogens is 1860 g/mol. The van der Waals surface area contributed by atoms with E-state index in [4.69, 9.17) is 48.4 Å². The third-order valence-corrected chi connectivity index (χ3v) is 23.3. The summed E-state index contributed by atoms with van der Waals surface area (Å²) in [7, 11) is 0. The molecule has 0 spiro atoms. The number of nitrogens with two attached hydrogens (primary N) is 1. The van der Waals surface area contributed by atoms with E-state index in [9.17, 15) is 28.8 Å². The van der Waals surface area contributed by atoms with E-state index in [-0.39, 0.29) is 91.4 Å². The maximum absolute atomic E-state index is 16.1. The number of carbonyl (C=O) groups is 13. The van der Waals surface area contributed by atoms with Gasteiger partial charge in [-0.15, -0.1) is 0 Å². The molecule has 11 rings (SSSR count). The van der Waals surface area contributed by atoms with Crippen molar-refractivity contribution in [1.29, 1.82) is 0 Å². The molecule has 32 heteroatoms. The first-order chi connectivity index (χ1) is 70.5. The van der Waals surface area contributed by atoms with E-state index in [2.05, 4.69) is 47.9 Å². The predicted molar refractivity (Wildman–Crippen MR) is 544 cm³/mol. The highest BCUT2D eigenvalue weighted by Crippen LogP contribution is 2.24. The summed E-state index contributed by atoms with van der Waals surface area (Å²) < 4.78 is 53.5. The van der Waals surface area contributed by atoms with Crippen LogP contribution in [-0.2, 0) is 158 Å². The third kappa shape index (κ3) is 38.5. The number of primary amides is 1. The van der Waals surface area contributed by atoms with Gasteiger partial charge in [-0.05, 0) is 138 Å². The lowest BCUT2D eigenvalue weighted by atomic mass is 9.96. The van der Waals surface area contributed by atoms with Crippen molar-refractivity contribution in [2.75, 3.05) is 6.61 Å². The van der Waals surface area contributed by atoms with Gasteiger partial charge >= 0.3 is 24.0 Å². The van der Waals surface area contributed by atoms with Gasteiger partial charge in [0.1, 0.15) is 117 Å². The number of nitrogens with one attached hydrogen (secondary N) is 9. The van der Waals surface area contributed by atoms with Crippen LogP contribution in [0.1, 0.15) is 135 Å². The van der Waals surface area contributed by atoms with Crippen molar-refractivity contribution in [2.24, 2.45) is 11.7 Å². The molecule has 0 saturated heterocycles. The molecule has 0 aromatic heterocycles. The van der Waals surface area contributed by atoms with Crippen molar-refractivity contribution in [1.82, 2.24) is 47.9 Å². The second kappa shape index (κ2) is 57.7. The molecule has 11 aromatic rings. The summed E-state index contributed by atoms with van der Waals surface area (Å²) in [5.41, 5.74) is 12.1. The highest BCUT2D eigenvalue weighted by atomic mass is 16.6. The number of ether oxygens (including phenoxy) is 9. The molecule has 11 atom stereocenters. The fraction of sp³-hybridized carbons (Fsp3) is 0.307. The Bertz CT molecular complexity index is 6010. The number of benzene rings is 11. The Hall–Kier alpha value is -16.4. The van der Waals surface area contributed by atoms with Gasteiger partial charge in [0.15, 0.2) is 0 Å². The highest BCUT2D eigenvalue weighted by molar-refractivity contribution is 6.00. The van der Waals surface area contributed by atoms with E-state index in [1.54, 1.807) is 253 Å². The van der Waals surface area contributed by atoms with E-state index < -0.39 is 169 Å². The average Bonchev–Trinajstić information content (AvgIpc) is 0.829. The SMILES string of the molecule is CC[C@H](C)[C@H](NC(=O)[C@H](CC(=O)OCc1ccccc1)NC(=O)[C@H](Cc1ccc(OCc2ccccc2)cc1)NC(=O)OC(C)(C)C)C(=O)N[C@@H](CC(N)=O)C(=O)N[C@@H](Cc1ccc(OCc2ccccc2)cc1)C(=O)N[C@@H](Cc1ccc(OCc2ccccc2)cc1)C(=O)N[C@H](C(=O)N[C@@H](COCc1ccccc1)C(=O)N[C@@H](CCC(=O)OCc1ccccc1)C(=O)OCc1ccccc1)[C@@H](C)OCc1ccccc1. The maximum Gasteiger partial charge on any atom is 0.408 e. The first kappa shape index (κ1) is 110. The topological polar surface area (TPSA) is 439 Å². The molecule has 0 saturated carbocycles. The average molecular weight is 1990 g/mol. The van der Waals surface area contributed by atoms with Gasteiger partial charge in [-0.25, -0.2) is 9.59 Å². The molecule has 0 fully saturated rings. The van der Waals surface area contributed by atoms with Gasteiger partial charge in [-0.3, -0.25) is 52.7 Å². The van der Waals surface area contributed by atoms with Gasteiger partial charge in [0.25, 0.3) is 0 Å². The number of hydrogen-bond acceptors (Lipinski definition) is 22. The smallest absolute Gasteiger partial charge is 0.408 e. The van der Waals surface area contributed by atoms with Crippen LogP contribution in [-0.4, -0.2) is 150 Å². The molecular formula is C114H126N10O22. The summed E-state index contributed by atoms with van der Waals surface area (Å²) in [4.78, 5) is 193. The fourth-order valence-electron chi connectivity index (χ4n) is 15.1. The van der Waals surface area contributed by atoms with Crippen LogP contribution in [0, 0.1) is 5.92 Å². The summed E-state index contributed by atoms with van der Waals surface area (Å²) >= 11 is 0. The zero-order valence-corrected chi connectivity index (χ0v) is 82.5. The van der Waals surface area contributed by atoms with Crippen LogP contribution in [0.15, 0.2) is 315 Å². The minimum absolute atomic E-state index is 0.0833. The number of esters is 3. The van der Waals surface area contributed by atoms with Crippen LogP contribution in [0.25, 0.3) is 0 Å². The fourth-order valence-corrected chi connectivity index (χ4v) is 15.1. The number of amides is 10. The number of alkyl carbamates (subject to hydrolysis) is 1. The molecule has 0 aliphatic carbocycles. The third-order valence-electron chi connectivity index (χ3n) is 23.3. The first-order valence-corrected chi connectivity index (χ1v) is 48.3. The zero-order chi connectivity index (χ0) is 104. The summed E-state index contributed by atoms with van der Waals surface area (Å²) in [6.45, 7) is 8.93. The Kier molecular flexibility index (Phi) is 43.5. The Labute approximate surface area is 849 Å². The molecule has 11 aromatic carbocycles. The summed E-state index contributed by atoms with van der Waals surface area (Å²) in [5, 5.41) is 24.3. The molecule has 0 aliphatic rings. The molecule has 764 valence electrons. The lowest BCUT2D eigenvalue weighted by Gasteiger charge is -2.30. The predicted octanol–water partition coefficient (Wildman–Crippen LogP) is 12.4. The standard InChI is InChI=1S/C114H126N10O22/c1-7-76(2)102(123-108(132)97(66-101(127)144-73-87-44-28-14-29-45-87)119-105(129)95(122-113(137)146-114(4,5)6)64-80-52-58-91(59-53-80)142-71-85-40-24-12-25-41-85)110(134)120-96(65-99(115)125)106(130)117-93(62-78-48-54-89(55-49-78)140-69-83-36-20-10-21-37-83)104(128)118-94(63-79-50-56-90(57-51-79)141-70-84-38-22-11-23-39-84)107(131)124-103(77(3)139-68-82-34-18-9-19-35-82)111(135)121-98(75-138-67-81-32-16-8-17-33-81)109(133)116-92(112(136)145-74-88-46-30-15-31-47-88)60-61-100(126)143-72-86-42-26-13-27-43-86/h8-59,76-77,92-98,102-103H,7,60-75H2,1-6H3,(H2,115,125)(H,116,133)(H,117,130)(H,118,128)(H,119,129)(H,120,134)(H,121,135)(H,122,137)(H,123,132)(H,124,131)/t76-,77+,92-,93-,94-,95-,96-,97-,98-,102-,103-/m0/s1. The molecule has 146 heavy (non-hydrogen) atoms. The van der Waals surface area contributed by atoms with Crippen LogP contribution in [0.4, 0.5) is 4.79 Å². The van der Waals surface area contributed by atoms with E-state index in [0.717, 1.165) is 16.7 Å². The largest absolute Gasteiger partial charge is 0.489 e. The van der Waals surface area contributed by atoms with Gasteiger partial charge in [-0.1, -0.05) is 299 Å². The van der Waals surface area contributed by atoms with Crippen LogP contribution >= 0.6 is 0 Å². The van der Waals surface area contributed by atoms with Crippen molar-refractivity contribution < 1.29 is 105 Å². The Morgan fingerprint density at radius 3 is 0.993 bits per heavy atom. The normalized spacial score (nSPS) is 13.3. The summed E-state index contributed by atoms with van der Waals surface area (Å²) in [6.07, 6.45) is -5.57. The Morgan fingerprint density at radius 1 is 0.295 bits per heavy atom. The molecule has 10 amide bonds. The zero-order valence-electron chi connectivity index (χ0n) is 82.5. The Balaban J connectivity index is 0.903. The highest BCUT2D eigenvalue weighted by Gasteiger charge is 2.40. The minimum atomic E-state index is -1.96. The quantitative estimate of drug-likeness (QED) is 0.0125. The second-order valence-electron chi connectivity index (χ2n) is 36.1. The van der Waals surface area contributed by atoms with Crippen molar-refractivity contribution >= 4 is 77.2 Å². The lowest BCUT2D eigenvalue weighted by Crippen LogP contribution is -2.63. The second-order valence-corrected chi connectivity index (χ2v) is 36.1. The lowest BCUT2D eigenvalue weighted by molar-refractivity contribution is -0.151. The van der Waals surface area contributed by atoms with Crippen LogP contribution in [0.3, 0.4) is 0 Å². The minimum Gasteiger partial charge on any atom is -0.489 e. The van der Waals surface area contributed by atoms with Gasteiger partial charge in [0.05, 0.1) is 38.8 Å². The molecule has 32 nitrogen and oxygen atoms in total. The van der Waals surface area contributed by atoms with E-state index in [0.29, 0.717) is 61.8 Å². The van der Waals surface area contributed by atoms with Gasteiger partial charge in [0, 0.05) is 25.7 Å². The molecule has 0 radical (unpaired) electrons. The van der Waals surface area contributed by atoms with Gasteiger partial charge < -0.3 is 96.2 Å². The molecule has 0 aliphatic heterocycles. The van der Waals surface area contributed by atoms with E-state index >= 15 is 33.6 Å². The van der Waals surface area contributed by atoms with E-state index in [1.807, 2.05) is 97.1 Å². The van der Waals surface area contributed by atoms with Crippen molar-refractivity contribution in [3.63, 3.8) is 0 Å². The number of rotatable bonds is 56. The van der Waals surface area contributed by atoms with Gasteiger partial charge in [-0.2, -0.15) is 0 Å². The van der Waals surface area contributed by atoms with Crippen LogP contribution in [0.5, 0.6) is 17.2 Å². The Morgan fingerprint density at radius 2 is 0.596 bits per heavy atom. The molecule has 11 N–H and O–H groups in total. The maximum atomic E-state index is 16.1. The number of carbonyl (C=O) groups excluding carboxylic acids is 13. The summed E-state index contributed by atoms with van der Waals surface area (Å²) in [6, 6.07) is 76.6. The molecule has 0 unspecified atom stereocenters. The van der Waals surface area contributed by atoms with Crippen molar-refractivity contribution in [2.45, 2.75) is 212 Å². The molecule has 0 bridgehead atoms. The van der Waals surface area contributed by atoms with Crippen molar-refractivity contribution in [3.05, 3.63) is 377 Å². The first-order valence-electron chi connectivity index (χ1n) is 48.3. The number of hydrogen-bond donors (Lipinski definition) is 10.